The van der Waals surface area contributed by atoms with Crippen LogP contribution < -0.4 is 5.32 Å². The molecule has 7 heteroatoms. The van der Waals surface area contributed by atoms with Gasteiger partial charge in [-0.3, -0.25) is 9.69 Å². The SMILES string of the molecule is CC1CCCN(CC(=O)Nc2ccc(S(=O)(=O)N(C)C)cc2)C1. The molecule has 1 atom stereocenters. The van der Waals surface area contributed by atoms with Crippen molar-refractivity contribution in [3.8, 4) is 0 Å². The fourth-order valence-corrected chi connectivity index (χ4v) is 3.66. The summed E-state index contributed by atoms with van der Waals surface area (Å²) in [6, 6.07) is 6.25. The number of amides is 1. The molecule has 0 radical (unpaired) electrons. The molecule has 1 saturated heterocycles. The number of sulfonamides is 1. The largest absolute Gasteiger partial charge is 0.325 e. The number of anilines is 1. The van der Waals surface area contributed by atoms with Crippen LogP contribution in [0, 0.1) is 5.92 Å². The van der Waals surface area contributed by atoms with E-state index in [1.54, 1.807) is 12.1 Å². The minimum Gasteiger partial charge on any atom is -0.325 e. The molecule has 1 aliphatic heterocycles. The second-order valence-electron chi connectivity index (χ2n) is 6.34. The average Bonchev–Trinajstić information content (AvgIpc) is 2.47. The molecular weight excluding hydrogens is 314 g/mol. The van der Waals surface area contributed by atoms with Gasteiger partial charge < -0.3 is 5.32 Å². The van der Waals surface area contributed by atoms with Gasteiger partial charge in [0.1, 0.15) is 0 Å². The molecule has 1 aromatic carbocycles. The topological polar surface area (TPSA) is 69.7 Å². The number of nitrogens with one attached hydrogen (secondary N) is 1. The van der Waals surface area contributed by atoms with Gasteiger partial charge in [0.05, 0.1) is 11.4 Å². The van der Waals surface area contributed by atoms with Gasteiger partial charge in [-0.15, -0.1) is 0 Å². The van der Waals surface area contributed by atoms with E-state index < -0.39 is 10.0 Å². The standard InChI is InChI=1S/C16H25N3O3S/c1-13-5-4-10-19(11-13)12-16(20)17-14-6-8-15(9-7-14)23(21,22)18(2)3/h6-9,13H,4-5,10-12H2,1-3H3,(H,17,20). The molecule has 0 aliphatic carbocycles. The zero-order valence-electron chi connectivity index (χ0n) is 13.9. The second kappa shape index (κ2) is 7.42. The van der Waals surface area contributed by atoms with Crippen LogP contribution in [-0.2, 0) is 14.8 Å². The third kappa shape index (κ3) is 4.76. The van der Waals surface area contributed by atoms with Gasteiger partial charge in [0.15, 0.2) is 0 Å². The maximum atomic E-state index is 12.1. The summed E-state index contributed by atoms with van der Waals surface area (Å²) < 4.78 is 25.1. The summed E-state index contributed by atoms with van der Waals surface area (Å²) in [7, 11) is -0.457. The Balaban J connectivity index is 1.94. The molecule has 1 amide bonds. The number of likely N-dealkylation sites (tertiary alicyclic amines) is 1. The minimum atomic E-state index is -3.44. The molecule has 1 aliphatic rings. The Morgan fingerprint density at radius 2 is 1.96 bits per heavy atom. The zero-order chi connectivity index (χ0) is 17.0. The molecule has 0 aromatic heterocycles. The number of carbonyl (C=O) groups excluding carboxylic acids is 1. The lowest BCUT2D eigenvalue weighted by molar-refractivity contribution is -0.117. The van der Waals surface area contributed by atoms with Gasteiger partial charge in [0, 0.05) is 26.3 Å². The fourth-order valence-electron chi connectivity index (χ4n) is 2.75. The van der Waals surface area contributed by atoms with Crippen molar-refractivity contribution in [2.24, 2.45) is 5.92 Å². The highest BCUT2D eigenvalue weighted by molar-refractivity contribution is 7.89. The Morgan fingerprint density at radius 1 is 1.30 bits per heavy atom. The number of piperidine rings is 1. The molecular formula is C16H25N3O3S. The molecule has 1 fully saturated rings. The minimum absolute atomic E-state index is 0.0673. The van der Waals surface area contributed by atoms with Gasteiger partial charge in [-0.1, -0.05) is 6.92 Å². The first-order valence-corrected chi connectivity index (χ1v) is 9.28. The maximum Gasteiger partial charge on any atom is 0.242 e. The Labute approximate surface area is 138 Å². The molecule has 2 rings (SSSR count). The molecule has 1 aromatic rings. The summed E-state index contributed by atoms with van der Waals surface area (Å²) in [5, 5.41) is 2.82. The van der Waals surface area contributed by atoms with Crippen molar-refractivity contribution >= 4 is 21.6 Å². The van der Waals surface area contributed by atoms with Gasteiger partial charge in [0.25, 0.3) is 0 Å². The van der Waals surface area contributed by atoms with Gasteiger partial charge in [-0.2, -0.15) is 0 Å². The van der Waals surface area contributed by atoms with E-state index in [1.165, 1.54) is 32.6 Å². The van der Waals surface area contributed by atoms with Gasteiger partial charge in [-0.05, 0) is 49.6 Å². The first-order chi connectivity index (χ1) is 10.8. The molecule has 6 nitrogen and oxygen atoms in total. The third-order valence-electron chi connectivity index (χ3n) is 4.03. The lowest BCUT2D eigenvalue weighted by atomic mass is 10.0. The summed E-state index contributed by atoms with van der Waals surface area (Å²) in [4.78, 5) is 14.5. The normalized spacial score (nSPS) is 19.7. The smallest absolute Gasteiger partial charge is 0.242 e. The first kappa shape index (κ1) is 17.9. The predicted octanol–water partition coefficient (Wildman–Crippen LogP) is 1.61. The summed E-state index contributed by atoms with van der Waals surface area (Å²) >= 11 is 0. The Kier molecular flexibility index (Phi) is 5.78. The Bertz CT molecular complexity index is 641. The number of hydrogen-bond acceptors (Lipinski definition) is 4. The Hall–Kier alpha value is -1.44. The van der Waals surface area contributed by atoms with Crippen LogP contribution in [0.1, 0.15) is 19.8 Å². The monoisotopic (exact) mass is 339 g/mol. The number of hydrogen-bond donors (Lipinski definition) is 1. The maximum absolute atomic E-state index is 12.1. The highest BCUT2D eigenvalue weighted by Crippen LogP contribution is 2.17. The lowest BCUT2D eigenvalue weighted by Crippen LogP contribution is -2.39. The van der Waals surface area contributed by atoms with Gasteiger partial charge in [-0.25, -0.2) is 12.7 Å². The van der Waals surface area contributed by atoms with Crippen molar-refractivity contribution in [2.75, 3.05) is 39.0 Å². The van der Waals surface area contributed by atoms with E-state index in [0.717, 1.165) is 23.8 Å². The zero-order valence-corrected chi connectivity index (χ0v) is 14.8. The van der Waals surface area contributed by atoms with Crippen molar-refractivity contribution in [1.82, 2.24) is 9.21 Å². The molecule has 128 valence electrons. The summed E-state index contributed by atoms with van der Waals surface area (Å²) in [6.07, 6.45) is 2.35. The average molecular weight is 339 g/mol. The van der Waals surface area contributed by atoms with Crippen molar-refractivity contribution in [2.45, 2.75) is 24.7 Å². The van der Waals surface area contributed by atoms with Crippen molar-refractivity contribution in [3.63, 3.8) is 0 Å². The number of rotatable bonds is 5. The molecule has 1 unspecified atom stereocenters. The third-order valence-corrected chi connectivity index (χ3v) is 5.85. The summed E-state index contributed by atoms with van der Waals surface area (Å²) in [5.41, 5.74) is 0.609. The van der Waals surface area contributed by atoms with E-state index in [4.69, 9.17) is 0 Å². The van der Waals surface area contributed by atoms with E-state index in [0.29, 0.717) is 18.2 Å². The van der Waals surface area contributed by atoms with Crippen molar-refractivity contribution < 1.29 is 13.2 Å². The van der Waals surface area contributed by atoms with E-state index >= 15 is 0 Å². The van der Waals surface area contributed by atoms with Crippen LogP contribution in [0.3, 0.4) is 0 Å². The molecule has 1 heterocycles. The molecule has 0 saturated carbocycles. The van der Waals surface area contributed by atoms with Crippen LogP contribution in [0.15, 0.2) is 29.2 Å². The fraction of sp³-hybridized carbons (Fsp3) is 0.562. The van der Waals surface area contributed by atoms with Crippen LogP contribution in [0.25, 0.3) is 0 Å². The van der Waals surface area contributed by atoms with Gasteiger partial charge >= 0.3 is 0 Å². The summed E-state index contributed by atoms with van der Waals surface area (Å²) in [6.45, 7) is 4.49. The lowest BCUT2D eigenvalue weighted by Gasteiger charge is -2.30. The van der Waals surface area contributed by atoms with E-state index in [1.807, 2.05) is 0 Å². The molecule has 23 heavy (non-hydrogen) atoms. The highest BCUT2D eigenvalue weighted by Gasteiger charge is 2.19. The number of nitrogens with zero attached hydrogens (tertiary/aromatic N) is 2. The number of benzene rings is 1. The highest BCUT2D eigenvalue weighted by atomic mass is 32.2. The van der Waals surface area contributed by atoms with E-state index in [2.05, 4.69) is 17.1 Å². The predicted molar refractivity (Wildman–Crippen MR) is 90.8 cm³/mol. The number of carbonyl (C=O) groups is 1. The van der Waals surface area contributed by atoms with Crippen LogP contribution in [-0.4, -0.2) is 57.3 Å². The second-order valence-corrected chi connectivity index (χ2v) is 8.49. The van der Waals surface area contributed by atoms with Crippen LogP contribution in [0.4, 0.5) is 5.69 Å². The van der Waals surface area contributed by atoms with E-state index in [-0.39, 0.29) is 10.8 Å². The molecule has 0 bridgehead atoms. The van der Waals surface area contributed by atoms with Crippen LogP contribution in [0.5, 0.6) is 0 Å². The van der Waals surface area contributed by atoms with Crippen LogP contribution in [0.2, 0.25) is 0 Å². The quantitative estimate of drug-likeness (QED) is 0.885. The summed E-state index contributed by atoms with van der Waals surface area (Å²) in [5.74, 6) is 0.564. The van der Waals surface area contributed by atoms with Crippen molar-refractivity contribution in [1.29, 1.82) is 0 Å². The first-order valence-electron chi connectivity index (χ1n) is 7.84. The molecule has 1 N–H and O–H groups in total. The molecule has 0 spiro atoms. The van der Waals surface area contributed by atoms with Crippen molar-refractivity contribution in [3.05, 3.63) is 24.3 Å². The van der Waals surface area contributed by atoms with Gasteiger partial charge in [0.2, 0.25) is 15.9 Å². The van der Waals surface area contributed by atoms with E-state index in [9.17, 15) is 13.2 Å². The van der Waals surface area contributed by atoms with Crippen LogP contribution >= 0.6 is 0 Å². The Morgan fingerprint density at radius 3 is 2.52 bits per heavy atom.